The van der Waals surface area contributed by atoms with Gasteiger partial charge in [-0.3, -0.25) is 0 Å². The molecular formula is C14H23NO2. The van der Waals surface area contributed by atoms with Crippen LogP contribution in [-0.2, 0) is 11.2 Å². The highest BCUT2D eigenvalue weighted by Gasteiger charge is 2.01. The molecule has 96 valence electrons. The molecule has 0 saturated heterocycles. The molecule has 0 heterocycles. The molecular weight excluding hydrogens is 214 g/mol. The largest absolute Gasteiger partial charge is 0.492 e. The Hall–Kier alpha value is -1.06. The molecule has 2 N–H and O–H groups in total. The first-order valence-electron chi connectivity index (χ1n) is 6.28. The molecule has 0 aromatic heterocycles. The summed E-state index contributed by atoms with van der Waals surface area (Å²) in [4.78, 5) is 0. The van der Waals surface area contributed by atoms with Crippen LogP contribution in [0.15, 0.2) is 18.2 Å². The molecule has 0 aliphatic heterocycles. The molecule has 0 bridgehead atoms. The Kier molecular flexibility index (Phi) is 6.67. The normalized spacial score (nSPS) is 10.5. The van der Waals surface area contributed by atoms with E-state index in [4.69, 9.17) is 15.2 Å². The van der Waals surface area contributed by atoms with Crippen LogP contribution in [0.2, 0.25) is 0 Å². The second-order valence-corrected chi connectivity index (χ2v) is 4.10. The van der Waals surface area contributed by atoms with Crippen molar-refractivity contribution < 1.29 is 9.47 Å². The molecule has 0 atom stereocenters. The molecule has 1 aromatic carbocycles. The van der Waals surface area contributed by atoms with Gasteiger partial charge in [0.2, 0.25) is 0 Å². The Morgan fingerprint density at radius 1 is 1.18 bits per heavy atom. The highest BCUT2D eigenvalue weighted by Crippen LogP contribution is 2.19. The number of hydrogen-bond donors (Lipinski definition) is 1. The van der Waals surface area contributed by atoms with Gasteiger partial charge in [0.1, 0.15) is 12.4 Å². The van der Waals surface area contributed by atoms with E-state index in [0.717, 1.165) is 37.4 Å². The first-order chi connectivity index (χ1) is 8.27. The van der Waals surface area contributed by atoms with Crippen molar-refractivity contribution in [2.45, 2.75) is 26.7 Å². The van der Waals surface area contributed by atoms with E-state index in [1.807, 2.05) is 6.07 Å². The third kappa shape index (κ3) is 5.20. The maximum absolute atomic E-state index is 5.53. The average Bonchev–Trinajstić information content (AvgIpc) is 2.34. The maximum atomic E-state index is 5.53. The summed E-state index contributed by atoms with van der Waals surface area (Å²) in [5, 5.41) is 0. The fourth-order valence-electron chi connectivity index (χ4n) is 1.63. The molecule has 0 spiro atoms. The Bertz CT molecular complexity index is 326. The zero-order valence-electron chi connectivity index (χ0n) is 10.9. The van der Waals surface area contributed by atoms with Crippen molar-refractivity contribution in [1.29, 1.82) is 0 Å². The van der Waals surface area contributed by atoms with E-state index in [0.29, 0.717) is 13.2 Å². The van der Waals surface area contributed by atoms with E-state index < -0.39 is 0 Å². The van der Waals surface area contributed by atoms with Gasteiger partial charge in [-0.05, 0) is 37.0 Å². The summed E-state index contributed by atoms with van der Waals surface area (Å²) >= 11 is 0. The number of hydrogen-bond acceptors (Lipinski definition) is 3. The molecule has 0 radical (unpaired) electrons. The van der Waals surface area contributed by atoms with Crippen LogP contribution in [0.1, 0.15) is 24.5 Å². The number of rotatable bonds is 8. The van der Waals surface area contributed by atoms with Gasteiger partial charge >= 0.3 is 0 Å². The van der Waals surface area contributed by atoms with E-state index in [9.17, 15) is 0 Å². The number of benzene rings is 1. The zero-order chi connectivity index (χ0) is 12.5. The predicted molar refractivity (Wildman–Crippen MR) is 70.5 cm³/mol. The van der Waals surface area contributed by atoms with Crippen LogP contribution in [0.25, 0.3) is 0 Å². The van der Waals surface area contributed by atoms with Crippen LogP contribution in [0.3, 0.4) is 0 Å². The quantitative estimate of drug-likeness (QED) is 0.706. The van der Waals surface area contributed by atoms with Gasteiger partial charge in [0.25, 0.3) is 0 Å². The summed E-state index contributed by atoms with van der Waals surface area (Å²) in [7, 11) is 0. The van der Waals surface area contributed by atoms with Gasteiger partial charge in [-0.15, -0.1) is 0 Å². The van der Waals surface area contributed by atoms with Crippen molar-refractivity contribution in [2.24, 2.45) is 5.73 Å². The van der Waals surface area contributed by atoms with Gasteiger partial charge in [-0.1, -0.05) is 19.1 Å². The van der Waals surface area contributed by atoms with Gasteiger partial charge in [-0.2, -0.15) is 0 Å². The lowest BCUT2D eigenvalue weighted by Crippen LogP contribution is -2.11. The van der Waals surface area contributed by atoms with Crippen LogP contribution in [0.5, 0.6) is 5.75 Å². The van der Waals surface area contributed by atoms with Gasteiger partial charge < -0.3 is 15.2 Å². The van der Waals surface area contributed by atoms with E-state index >= 15 is 0 Å². The molecule has 0 fully saturated rings. The van der Waals surface area contributed by atoms with Crippen LogP contribution in [0.4, 0.5) is 0 Å². The fourth-order valence-corrected chi connectivity index (χ4v) is 1.63. The van der Waals surface area contributed by atoms with Crippen molar-refractivity contribution in [3.63, 3.8) is 0 Å². The van der Waals surface area contributed by atoms with Crippen molar-refractivity contribution in [3.05, 3.63) is 29.3 Å². The summed E-state index contributed by atoms with van der Waals surface area (Å²) in [5.41, 5.74) is 7.86. The van der Waals surface area contributed by atoms with E-state index in [1.54, 1.807) is 0 Å². The topological polar surface area (TPSA) is 44.5 Å². The summed E-state index contributed by atoms with van der Waals surface area (Å²) < 4.78 is 11.0. The van der Waals surface area contributed by atoms with Crippen molar-refractivity contribution in [1.82, 2.24) is 0 Å². The second-order valence-electron chi connectivity index (χ2n) is 4.10. The van der Waals surface area contributed by atoms with Gasteiger partial charge in [0, 0.05) is 13.2 Å². The van der Waals surface area contributed by atoms with Gasteiger partial charge in [-0.25, -0.2) is 0 Å². The second kappa shape index (κ2) is 8.09. The molecule has 3 nitrogen and oxygen atoms in total. The third-order valence-electron chi connectivity index (χ3n) is 2.50. The lowest BCUT2D eigenvalue weighted by molar-refractivity contribution is 0.138. The summed E-state index contributed by atoms with van der Waals surface area (Å²) in [6.45, 7) is 6.93. The first kappa shape index (κ1) is 14.0. The monoisotopic (exact) mass is 237 g/mol. The summed E-state index contributed by atoms with van der Waals surface area (Å²) in [6, 6.07) is 6.26. The molecule has 1 rings (SSSR count). The maximum Gasteiger partial charge on any atom is 0.122 e. The van der Waals surface area contributed by atoms with Crippen molar-refractivity contribution in [2.75, 3.05) is 26.4 Å². The highest BCUT2D eigenvalue weighted by molar-refractivity contribution is 5.36. The third-order valence-corrected chi connectivity index (χ3v) is 2.50. The van der Waals surface area contributed by atoms with Gasteiger partial charge in [0.05, 0.1) is 6.61 Å². The van der Waals surface area contributed by atoms with Crippen LogP contribution < -0.4 is 10.5 Å². The lowest BCUT2D eigenvalue weighted by atomic mass is 10.1. The standard InChI is InChI=1S/C14H23NO2/c1-3-8-16-9-6-13-4-5-14(12(2)11-13)17-10-7-15/h4-5,11H,3,6-10,15H2,1-2H3. The molecule has 0 unspecified atom stereocenters. The summed E-state index contributed by atoms with van der Waals surface area (Å²) in [6.07, 6.45) is 2.03. The number of ether oxygens (including phenoxy) is 2. The molecule has 17 heavy (non-hydrogen) atoms. The Labute approximate surface area is 104 Å². The van der Waals surface area contributed by atoms with Crippen molar-refractivity contribution in [3.8, 4) is 5.75 Å². The highest BCUT2D eigenvalue weighted by atomic mass is 16.5. The predicted octanol–water partition coefficient (Wildman–Crippen LogP) is 2.30. The molecule has 1 aromatic rings. The molecule has 0 aliphatic rings. The zero-order valence-corrected chi connectivity index (χ0v) is 10.9. The van der Waals surface area contributed by atoms with E-state index in [2.05, 4.69) is 26.0 Å². The minimum atomic E-state index is 0.548. The van der Waals surface area contributed by atoms with E-state index in [1.165, 1.54) is 5.56 Å². The average molecular weight is 237 g/mol. The lowest BCUT2D eigenvalue weighted by Gasteiger charge is -2.10. The van der Waals surface area contributed by atoms with Crippen LogP contribution >= 0.6 is 0 Å². The minimum absolute atomic E-state index is 0.548. The van der Waals surface area contributed by atoms with E-state index in [-0.39, 0.29) is 0 Å². The Morgan fingerprint density at radius 3 is 2.65 bits per heavy atom. The minimum Gasteiger partial charge on any atom is -0.492 e. The molecule has 0 saturated carbocycles. The van der Waals surface area contributed by atoms with Crippen LogP contribution in [-0.4, -0.2) is 26.4 Å². The van der Waals surface area contributed by atoms with Crippen LogP contribution in [0, 0.1) is 6.92 Å². The Morgan fingerprint density at radius 2 is 2.00 bits per heavy atom. The molecule has 3 heteroatoms. The van der Waals surface area contributed by atoms with Gasteiger partial charge in [0.15, 0.2) is 0 Å². The molecule has 0 amide bonds. The number of nitrogens with two attached hydrogens (primary N) is 1. The first-order valence-corrected chi connectivity index (χ1v) is 6.28. The Balaban J connectivity index is 2.44. The SMILES string of the molecule is CCCOCCc1ccc(OCCN)c(C)c1. The summed E-state index contributed by atoms with van der Waals surface area (Å²) in [5.74, 6) is 0.925. The number of aryl methyl sites for hydroxylation is 1. The van der Waals surface area contributed by atoms with Crippen molar-refractivity contribution >= 4 is 0 Å². The molecule has 0 aliphatic carbocycles. The fraction of sp³-hybridized carbons (Fsp3) is 0.571. The smallest absolute Gasteiger partial charge is 0.122 e.